The first-order chi connectivity index (χ1) is 12.0. The molecule has 1 aromatic carbocycles. The Morgan fingerprint density at radius 3 is 2.76 bits per heavy atom. The Balaban J connectivity index is 1.98. The van der Waals surface area contributed by atoms with Crippen LogP contribution in [0.4, 0.5) is 5.82 Å². The number of ether oxygens (including phenoxy) is 1. The topological polar surface area (TPSA) is 73.2 Å². The zero-order valence-corrected chi connectivity index (χ0v) is 15.4. The Morgan fingerprint density at radius 2 is 2.12 bits per heavy atom. The van der Waals surface area contributed by atoms with E-state index in [1.54, 1.807) is 18.7 Å². The van der Waals surface area contributed by atoms with Crippen LogP contribution in [0.3, 0.4) is 0 Å². The van der Waals surface area contributed by atoms with E-state index in [1.165, 1.54) is 9.58 Å². The first kappa shape index (κ1) is 17.5. The number of amides is 1. The van der Waals surface area contributed by atoms with Crippen molar-refractivity contribution in [2.45, 2.75) is 37.6 Å². The van der Waals surface area contributed by atoms with Crippen LogP contribution in [0.15, 0.2) is 29.2 Å². The molecule has 1 aromatic heterocycles. The summed E-state index contributed by atoms with van der Waals surface area (Å²) in [6, 6.07) is 8.23. The summed E-state index contributed by atoms with van der Waals surface area (Å²) in [7, 11) is 0. The van der Waals surface area contributed by atoms with Crippen LogP contribution in [-0.4, -0.2) is 34.5 Å². The lowest BCUT2D eigenvalue weighted by atomic mass is 9.86. The van der Waals surface area contributed by atoms with Crippen molar-refractivity contribution in [1.29, 1.82) is 0 Å². The predicted octanol–water partition coefficient (Wildman–Crippen LogP) is 2.95. The number of rotatable bonds is 5. The number of nitrogens with one attached hydrogen (secondary N) is 1. The minimum absolute atomic E-state index is 0.0115. The Hall–Kier alpha value is -2.28. The van der Waals surface area contributed by atoms with Crippen molar-refractivity contribution in [2.75, 3.05) is 18.2 Å². The van der Waals surface area contributed by atoms with Gasteiger partial charge in [-0.25, -0.2) is 4.68 Å². The van der Waals surface area contributed by atoms with Gasteiger partial charge in [-0.05, 0) is 37.8 Å². The number of aryl methyl sites for hydroxylation is 1. The highest BCUT2D eigenvalue weighted by Gasteiger charge is 2.32. The van der Waals surface area contributed by atoms with Crippen molar-refractivity contribution in [3.05, 3.63) is 41.1 Å². The fraction of sp³-hybridized carbons (Fsp3) is 0.389. The number of carbonyl (C=O) groups is 2. The summed E-state index contributed by atoms with van der Waals surface area (Å²) in [6.07, 6.45) is 2.41. The average molecular weight is 359 g/mol. The molecular formula is C18H21N3O3S. The number of hydrogen-bond donors (Lipinski definition) is 1. The van der Waals surface area contributed by atoms with Gasteiger partial charge in [-0.2, -0.15) is 5.10 Å². The number of thioether (sulfide) groups is 1. The highest BCUT2D eigenvalue weighted by Crippen LogP contribution is 2.39. The van der Waals surface area contributed by atoms with Gasteiger partial charge in [0.2, 0.25) is 5.91 Å². The summed E-state index contributed by atoms with van der Waals surface area (Å²) in [6.45, 7) is 3.97. The molecule has 0 unspecified atom stereocenters. The molecule has 0 radical (unpaired) electrons. The molecule has 3 rings (SSSR count). The minimum atomic E-state index is -0.367. The van der Waals surface area contributed by atoms with E-state index < -0.39 is 0 Å². The van der Waals surface area contributed by atoms with Crippen LogP contribution in [0.1, 0.15) is 36.1 Å². The van der Waals surface area contributed by atoms with Gasteiger partial charge in [0.15, 0.2) is 0 Å². The van der Waals surface area contributed by atoms with Gasteiger partial charge in [-0.1, -0.05) is 12.1 Å². The molecule has 2 heterocycles. The van der Waals surface area contributed by atoms with Crippen molar-refractivity contribution in [1.82, 2.24) is 9.78 Å². The van der Waals surface area contributed by atoms with Crippen LogP contribution in [0.2, 0.25) is 0 Å². The molecule has 132 valence electrons. The molecule has 25 heavy (non-hydrogen) atoms. The molecule has 1 atom stereocenters. The van der Waals surface area contributed by atoms with E-state index in [9.17, 15) is 9.59 Å². The van der Waals surface area contributed by atoms with Gasteiger partial charge in [0.1, 0.15) is 12.4 Å². The summed E-state index contributed by atoms with van der Waals surface area (Å²) >= 11 is 1.68. The molecule has 1 N–H and O–H groups in total. The number of carbonyl (C=O) groups excluding carboxylic acids is 2. The number of hydrogen-bond acceptors (Lipinski definition) is 5. The van der Waals surface area contributed by atoms with Crippen molar-refractivity contribution in [3.8, 4) is 0 Å². The number of esters is 1. The highest BCUT2D eigenvalue weighted by molar-refractivity contribution is 7.98. The smallest absolute Gasteiger partial charge is 0.327 e. The van der Waals surface area contributed by atoms with Crippen LogP contribution in [0.25, 0.3) is 0 Å². The minimum Gasteiger partial charge on any atom is -0.465 e. The standard InChI is InChI=1S/C18H21N3O3S/c1-4-24-16(23)10-21-18-17(11(2)20-21)14(9-15(22)19-18)12-5-7-13(25-3)8-6-12/h5-8,14H,4,9-10H2,1-3H3,(H,19,22)/t14-/m0/s1. The van der Waals surface area contributed by atoms with E-state index in [4.69, 9.17) is 4.74 Å². The maximum absolute atomic E-state index is 12.2. The molecule has 0 saturated carbocycles. The molecular weight excluding hydrogens is 338 g/mol. The second-order valence-electron chi connectivity index (χ2n) is 5.89. The van der Waals surface area contributed by atoms with E-state index in [0.29, 0.717) is 18.8 Å². The molecule has 1 aliphatic rings. The Labute approximate surface area is 150 Å². The normalized spacial score (nSPS) is 16.3. The van der Waals surface area contributed by atoms with Crippen LogP contribution in [0, 0.1) is 6.92 Å². The third-order valence-electron chi connectivity index (χ3n) is 4.27. The zero-order valence-electron chi connectivity index (χ0n) is 14.5. The monoisotopic (exact) mass is 359 g/mol. The number of nitrogens with zero attached hydrogens (tertiary/aromatic N) is 2. The molecule has 0 aliphatic carbocycles. The van der Waals surface area contributed by atoms with Gasteiger partial charge in [0.25, 0.3) is 0 Å². The van der Waals surface area contributed by atoms with Gasteiger partial charge in [-0.15, -0.1) is 11.8 Å². The summed E-state index contributed by atoms with van der Waals surface area (Å²) < 4.78 is 6.53. The third-order valence-corrected chi connectivity index (χ3v) is 5.02. The molecule has 0 bridgehead atoms. The second-order valence-corrected chi connectivity index (χ2v) is 6.77. The largest absolute Gasteiger partial charge is 0.465 e. The fourth-order valence-electron chi connectivity index (χ4n) is 3.18. The quantitative estimate of drug-likeness (QED) is 0.656. The molecule has 1 aliphatic heterocycles. The van der Waals surface area contributed by atoms with Crippen molar-refractivity contribution >= 4 is 29.5 Å². The van der Waals surface area contributed by atoms with E-state index >= 15 is 0 Å². The highest BCUT2D eigenvalue weighted by atomic mass is 32.2. The summed E-state index contributed by atoms with van der Waals surface area (Å²) in [5.41, 5.74) is 2.87. The van der Waals surface area contributed by atoms with Crippen molar-refractivity contribution in [2.24, 2.45) is 0 Å². The molecule has 0 saturated heterocycles. The van der Waals surface area contributed by atoms with Gasteiger partial charge in [-0.3, -0.25) is 9.59 Å². The lowest BCUT2D eigenvalue weighted by molar-refractivity contribution is -0.144. The lowest BCUT2D eigenvalue weighted by Gasteiger charge is -2.24. The fourth-order valence-corrected chi connectivity index (χ4v) is 3.59. The van der Waals surface area contributed by atoms with Crippen molar-refractivity contribution in [3.63, 3.8) is 0 Å². The third kappa shape index (κ3) is 3.56. The van der Waals surface area contributed by atoms with Gasteiger partial charge < -0.3 is 10.1 Å². The molecule has 6 nitrogen and oxygen atoms in total. The van der Waals surface area contributed by atoms with Gasteiger partial charge in [0.05, 0.1) is 12.3 Å². The molecule has 2 aromatic rings. The van der Waals surface area contributed by atoms with Crippen LogP contribution in [0.5, 0.6) is 0 Å². The van der Waals surface area contributed by atoms with E-state index in [-0.39, 0.29) is 24.3 Å². The first-order valence-electron chi connectivity index (χ1n) is 8.20. The molecule has 7 heteroatoms. The number of benzene rings is 1. The van der Waals surface area contributed by atoms with Crippen molar-refractivity contribution < 1.29 is 14.3 Å². The van der Waals surface area contributed by atoms with Gasteiger partial charge in [0, 0.05) is 22.8 Å². The summed E-state index contributed by atoms with van der Waals surface area (Å²) in [4.78, 5) is 25.2. The zero-order chi connectivity index (χ0) is 18.0. The van der Waals surface area contributed by atoms with E-state index in [0.717, 1.165) is 16.8 Å². The SMILES string of the molecule is CCOC(=O)Cn1nc(C)c2c1NC(=O)C[C@H]2c1ccc(SC)cc1. The molecule has 1 amide bonds. The average Bonchev–Trinajstić information content (AvgIpc) is 2.90. The number of aromatic nitrogens is 2. The Kier molecular flexibility index (Phi) is 5.13. The molecule has 0 spiro atoms. The first-order valence-corrected chi connectivity index (χ1v) is 9.42. The summed E-state index contributed by atoms with van der Waals surface area (Å²) in [5.74, 6) is 0.0984. The maximum Gasteiger partial charge on any atom is 0.327 e. The predicted molar refractivity (Wildman–Crippen MR) is 96.9 cm³/mol. The van der Waals surface area contributed by atoms with Crippen LogP contribution < -0.4 is 5.32 Å². The Morgan fingerprint density at radius 1 is 1.40 bits per heavy atom. The number of anilines is 1. The Bertz CT molecular complexity index is 799. The summed E-state index contributed by atoms with van der Waals surface area (Å²) in [5, 5.41) is 7.32. The van der Waals surface area contributed by atoms with Crippen LogP contribution >= 0.6 is 11.8 Å². The van der Waals surface area contributed by atoms with Crippen LogP contribution in [-0.2, 0) is 20.9 Å². The van der Waals surface area contributed by atoms with E-state index in [2.05, 4.69) is 34.7 Å². The lowest BCUT2D eigenvalue weighted by Crippen LogP contribution is -2.26. The maximum atomic E-state index is 12.2. The van der Waals surface area contributed by atoms with Gasteiger partial charge >= 0.3 is 5.97 Å². The second kappa shape index (κ2) is 7.31. The van der Waals surface area contributed by atoms with E-state index in [1.807, 2.05) is 13.2 Å². The molecule has 0 fully saturated rings. The number of fused-ring (bicyclic) bond motifs is 1.